The fraction of sp³-hybridized carbons (Fsp3) is 0.312. The predicted molar refractivity (Wildman–Crippen MR) is 157 cm³/mol. The molecule has 226 valence electrons. The van der Waals surface area contributed by atoms with Crippen LogP contribution in [0.5, 0.6) is 0 Å². The van der Waals surface area contributed by atoms with Crippen LogP contribution >= 0.6 is 0 Å². The van der Waals surface area contributed by atoms with Crippen LogP contribution in [0.1, 0.15) is 48.1 Å². The first-order chi connectivity index (χ1) is 20.4. The number of aromatic nitrogens is 1. The summed E-state index contributed by atoms with van der Waals surface area (Å²) in [6, 6.07) is 16.2. The van der Waals surface area contributed by atoms with Gasteiger partial charge in [0, 0.05) is 24.2 Å². The van der Waals surface area contributed by atoms with Gasteiger partial charge in [-0.3, -0.25) is 9.36 Å². The Labute approximate surface area is 247 Å². The molecular formula is C32H31F3N2O5S. The Kier molecular flexibility index (Phi) is 8.24. The number of nitrogens with zero attached hydrogens (tertiary/aromatic N) is 2. The lowest BCUT2D eigenvalue weighted by molar-refractivity contribution is -0.145. The molecule has 0 spiro atoms. The highest BCUT2D eigenvalue weighted by atomic mass is 32.2. The molecule has 0 N–H and O–H groups in total. The fourth-order valence-electron chi connectivity index (χ4n) is 5.74. The number of sulfonamides is 1. The molecule has 0 bridgehead atoms. The van der Waals surface area contributed by atoms with Crippen molar-refractivity contribution in [2.45, 2.75) is 50.4 Å². The lowest BCUT2D eigenvalue weighted by Gasteiger charge is -2.36. The third-order valence-corrected chi connectivity index (χ3v) is 9.86. The van der Waals surface area contributed by atoms with Gasteiger partial charge >= 0.3 is 12.1 Å². The summed E-state index contributed by atoms with van der Waals surface area (Å²) in [5.41, 5.74) is -0.571. The molecule has 43 heavy (non-hydrogen) atoms. The van der Waals surface area contributed by atoms with Gasteiger partial charge in [-0.05, 0) is 59.4 Å². The number of benzene rings is 3. The van der Waals surface area contributed by atoms with Gasteiger partial charge in [0.05, 0.1) is 12.7 Å². The highest BCUT2D eigenvalue weighted by molar-refractivity contribution is 7.89. The number of rotatable bonds is 7. The van der Waals surface area contributed by atoms with E-state index in [0.29, 0.717) is 12.8 Å². The van der Waals surface area contributed by atoms with Crippen molar-refractivity contribution in [3.8, 4) is 11.1 Å². The molecule has 11 heteroatoms. The lowest BCUT2D eigenvalue weighted by atomic mass is 9.90. The molecule has 0 aliphatic carbocycles. The number of methoxy groups -OCH3 is 1. The Morgan fingerprint density at radius 1 is 1.05 bits per heavy atom. The largest absolute Gasteiger partial charge is 0.467 e. The summed E-state index contributed by atoms with van der Waals surface area (Å²) in [6.07, 6.45) is -3.50. The average molecular weight is 613 g/mol. The van der Waals surface area contributed by atoms with E-state index in [2.05, 4.69) is 0 Å². The van der Waals surface area contributed by atoms with Gasteiger partial charge in [-0.15, -0.1) is 0 Å². The zero-order chi connectivity index (χ0) is 31.1. The topological polar surface area (TPSA) is 85.7 Å². The molecule has 0 saturated heterocycles. The molecule has 1 aliphatic rings. The molecule has 1 aliphatic heterocycles. The van der Waals surface area contributed by atoms with E-state index in [1.54, 1.807) is 0 Å². The number of pyridine rings is 1. The van der Waals surface area contributed by atoms with E-state index in [0.717, 1.165) is 44.5 Å². The van der Waals surface area contributed by atoms with Crippen molar-refractivity contribution in [1.29, 1.82) is 0 Å². The summed E-state index contributed by atoms with van der Waals surface area (Å²) in [7, 11) is -3.31. The van der Waals surface area contributed by atoms with E-state index in [1.165, 1.54) is 19.1 Å². The Morgan fingerprint density at radius 3 is 2.44 bits per heavy atom. The van der Waals surface area contributed by atoms with Gasteiger partial charge in [0.25, 0.3) is 15.6 Å². The van der Waals surface area contributed by atoms with Gasteiger partial charge in [-0.1, -0.05) is 67.9 Å². The third-order valence-electron chi connectivity index (χ3n) is 7.96. The number of unbranched alkanes of at least 4 members (excludes halogenated alkanes) is 1. The highest BCUT2D eigenvalue weighted by Crippen LogP contribution is 2.41. The third kappa shape index (κ3) is 5.47. The maximum Gasteiger partial charge on any atom is 0.416 e. The standard InChI is InChI=1S/C32H31F3N2O5S/c1-4-5-16-36-19-27(31(39)42-3)37-29(38)20(2)26(18-22-12-8-11-21-10-6-7-15-25(21)22)28(30(37)43(36,40)41)23-13-9-14-24(17-23)32(33,34)35/h6-15,17,27H,4-5,16,18-19H2,1-3H3. The summed E-state index contributed by atoms with van der Waals surface area (Å²) in [6.45, 7) is 3.13. The smallest absolute Gasteiger partial charge is 0.416 e. The van der Waals surface area contributed by atoms with Crippen LogP contribution in [0.4, 0.5) is 13.2 Å². The molecule has 0 amide bonds. The second-order valence-corrected chi connectivity index (χ2v) is 12.5. The van der Waals surface area contributed by atoms with E-state index in [9.17, 15) is 31.2 Å². The van der Waals surface area contributed by atoms with E-state index in [1.807, 2.05) is 49.4 Å². The van der Waals surface area contributed by atoms with Crippen LogP contribution in [-0.2, 0) is 32.2 Å². The minimum atomic E-state index is -4.70. The number of carbonyl (C=O) groups excluding carboxylic acids is 1. The number of esters is 1. The predicted octanol–water partition coefficient (Wildman–Crippen LogP) is 6.11. The van der Waals surface area contributed by atoms with E-state index >= 15 is 0 Å². The number of carbonyl (C=O) groups is 1. The average Bonchev–Trinajstić information content (AvgIpc) is 2.98. The highest BCUT2D eigenvalue weighted by Gasteiger charge is 2.44. The Morgan fingerprint density at radius 2 is 1.74 bits per heavy atom. The van der Waals surface area contributed by atoms with Crippen LogP contribution in [0, 0.1) is 6.92 Å². The number of fused-ring (bicyclic) bond motifs is 2. The van der Waals surface area contributed by atoms with Crippen LogP contribution in [0.3, 0.4) is 0 Å². The normalized spacial score (nSPS) is 16.7. The number of hydrogen-bond donors (Lipinski definition) is 0. The lowest BCUT2D eigenvalue weighted by Crippen LogP contribution is -2.50. The van der Waals surface area contributed by atoms with Crippen molar-refractivity contribution in [3.63, 3.8) is 0 Å². The number of hydrogen-bond acceptors (Lipinski definition) is 5. The molecule has 1 aromatic heterocycles. The minimum absolute atomic E-state index is 0.0264. The van der Waals surface area contributed by atoms with Gasteiger partial charge in [-0.25, -0.2) is 13.2 Å². The number of alkyl halides is 3. The molecule has 5 rings (SSSR count). The van der Waals surface area contributed by atoms with E-state index < -0.39 is 44.4 Å². The van der Waals surface area contributed by atoms with Gasteiger partial charge in [-0.2, -0.15) is 17.5 Å². The molecule has 3 aromatic carbocycles. The molecule has 1 atom stereocenters. The number of halogens is 3. The van der Waals surface area contributed by atoms with Gasteiger partial charge in [0.2, 0.25) is 0 Å². The van der Waals surface area contributed by atoms with Crippen molar-refractivity contribution >= 4 is 26.8 Å². The van der Waals surface area contributed by atoms with Crippen molar-refractivity contribution in [1.82, 2.24) is 8.87 Å². The first kappa shape index (κ1) is 30.5. The molecular weight excluding hydrogens is 581 g/mol. The molecule has 0 saturated carbocycles. The van der Waals surface area contributed by atoms with Crippen LogP contribution in [0.15, 0.2) is 76.6 Å². The summed E-state index contributed by atoms with van der Waals surface area (Å²) in [5, 5.41) is 1.27. The fourth-order valence-corrected chi connectivity index (χ4v) is 7.65. The zero-order valence-electron chi connectivity index (χ0n) is 23.9. The van der Waals surface area contributed by atoms with Gasteiger partial charge in [0.1, 0.15) is 6.04 Å². The monoisotopic (exact) mass is 612 g/mol. The summed E-state index contributed by atoms with van der Waals surface area (Å²) in [4.78, 5) is 27.1. The second kappa shape index (κ2) is 11.6. The van der Waals surface area contributed by atoms with Crippen LogP contribution in [0.25, 0.3) is 21.9 Å². The number of ether oxygens (including phenoxy) is 1. The maximum atomic E-state index is 14.3. The SMILES string of the molecule is CCCCN1CC(C(=O)OC)n2c(c(-c3cccc(C(F)(F)F)c3)c(Cc3cccc4ccccc34)c(C)c2=O)S1(=O)=O. The van der Waals surface area contributed by atoms with E-state index in [4.69, 9.17) is 4.74 Å². The van der Waals surface area contributed by atoms with E-state index in [-0.39, 0.29) is 41.8 Å². The van der Waals surface area contributed by atoms with Gasteiger partial charge in [0.15, 0.2) is 5.03 Å². The van der Waals surface area contributed by atoms with Crippen LogP contribution in [-0.4, -0.2) is 43.5 Å². The summed E-state index contributed by atoms with van der Waals surface area (Å²) >= 11 is 0. The van der Waals surface area contributed by atoms with Crippen molar-refractivity contribution in [3.05, 3.63) is 99.3 Å². The first-order valence-corrected chi connectivity index (χ1v) is 15.3. The maximum absolute atomic E-state index is 14.3. The Hall–Kier alpha value is -3.96. The van der Waals surface area contributed by atoms with Crippen LogP contribution in [0.2, 0.25) is 0 Å². The Balaban J connectivity index is 1.91. The zero-order valence-corrected chi connectivity index (χ0v) is 24.8. The second-order valence-electron chi connectivity index (χ2n) is 10.6. The molecule has 0 radical (unpaired) electrons. The quantitative estimate of drug-likeness (QED) is 0.235. The molecule has 2 heterocycles. The molecule has 0 fully saturated rings. The molecule has 1 unspecified atom stereocenters. The summed E-state index contributed by atoms with van der Waals surface area (Å²) in [5.74, 6) is -0.823. The van der Waals surface area contributed by atoms with Crippen molar-refractivity contribution in [2.75, 3.05) is 20.2 Å². The first-order valence-electron chi connectivity index (χ1n) is 13.9. The molecule has 7 nitrogen and oxygen atoms in total. The van der Waals surface area contributed by atoms with Crippen molar-refractivity contribution in [2.24, 2.45) is 0 Å². The Bertz CT molecular complexity index is 1880. The van der Waals surface area contributed by atoms with Gasteiger partial charge < -0.3 is 4.74 Å². The molecule has 4 aromatic rings. The van der Waals surface area contributed by atoms with Crippen molar-refractivity contribution < 1.29 is 31.1 Å². The van der Waals surface area contributed by atoms with Crippen LogP contribution < -0.4 is 5.56 Å². The minimum Gasteiger partial charge on any atom is -0.467 e. The summed E-state index contributed by atoms with van der Waals surface area (Å²) < 4.78 is 77.4.